The molecule has 2 aromatic heterocycles. The summed E-state index contributed by atoms with van der Waals surface area (Å²) in [6, 6.07) is 1.23. The molecule has 2 heterocycles. The van der Waals surface area contributed by atoms with Gasteiger partial charge in [-0.3, -0.25) is 4.72 Å². The number of alkyl halides is 3. The summed E-state index contributed by atoms with van der Waals surface area (Å²) in [6.45, 7) is 3.25. The van der Waals surface area contributed by atoms with Crippen LogP contribution in [-0.4, -0.2) is 18.6 Å². The highest BCUT2D eigenvalue weighted by Crippen LogP contribution is 2.34. The maximum Gasteiger partial charge on any atom is 0.419 e. The number of nitrogens with one attached hydrogen (secondary N) is 2. The summed E-state index contributed by atoms with van der Waals surface area (Å²) in [4.78, 5) is 2.36. The molecule has 6 nitrogen and oxygen atoms in total. The molecule has 3 rings (SSSR count). The lowest BCUT2D eigenvalue weighted by Gasteiger charge is -2.12. The largest absolute Gasteiger partial charge is 0.419 e. The molecule has 0 saturated heterocycles. The molecule has 12 heteroatoms. The zero-order valence-corrected chi connectivity index (χ0v) is 15.1. The Bertz CT molecular complexity index is 1130. The Kier molecular flexibility index (Phi) is 4.69. The van der Waals surface area contributed by atoms with Crippen LogP contribution in [0.1, 0.15) is 17.0 Å². The first-order chi connectivity index (χ1) is 12.9. The number of nitrogens with zero attached hydrogens (tertiary/aromatic N) is 1. The maximum absolute atomic E-state index is 13.9. The first-order valence-corrected chi connectivity index (χ1v) is 9.09. The number of hydrogen-bond acceptors (Lipinski definition) is 4. The van der Waals surface area contributed by atoms with Crippen molar-refractivity contribution in [2.75, 3.05) is 4.72 Å². The number of benzene rings is 1. The summed E-state index contributed by atoms with van der Waals surface area (Å²) in [7, 11) is -4.42. The van der Waals surface area contributed by atoms with E-state index in [0.717, 1.165) is 6.20 Å². The van der Waals surface area contributed by atoms with Crippen molar-refractivity contribution in [3.63, 3.8) is 0 Å². The summed E-state index contributed by atoms with van der Waals surface area (Å²) in [6.07, 6.45) is -4.03. The van der Waals surface area contributed by atoms with Gasteiger partial charge in [-0.25, -0.2) is 17.2 Å². The highest BCUT2D eigenvalue weighted by molar-refractivity contribution is 7.92. The second kappa shape index (κ2) is 6.62. The number of hydrogen-bond donors (Lipinski definition) is 2. The number of aryl methyl sites for hydroxylation is 2. The van der Waals surface area contributed by atoms with Crippen molar-refractivity contribution in [2.24, 2.45) is 0 Å². The molecule has 28 heavy (non-hydrogen) atoms. The third-order valence-corrected chi connectivity index (χ3v) is 5.22. The van der Waals surface area contributed by atoms with Crippen molar-refractivity contribution >= 4 is 15.7 Å². The molecule has 0 amide bonds. The van der Waals surface area contributed by atoms with Gasteiger partial charge in [0.25, 0.3) is 10.0 Å². The van der Waals surface area contributed by atoms with Gasteiger partial charge in [-0.05, 0) is 26.0 Å². The Morgan fingerprint density at radius 3 is 2.36 bits per heavy atom. The van der Waals surface area contributed by atoms with E-state index in [1.807, 2.05) is 0 Å². The third-order valence-electron chi connectivity index (χ3n) is 3.88. The fourth-order valence-corrected chi connectivity index (χ4v) is 3.64. The van der Waals surface area contributed by atoms with E-state index in [4.69, 9.17) is 4.52 Å². The zero-order chi connectivity index (χ0) is 20.9. The molecule has 0 spiro atoms. The molecule has 3 aromatic rings. The van der Waals surface area contributed by atoms with Gasteiger partial charge in [-0.2, -0.15) is 13.2 Å². The number of halogens is 5. The van der Waals surface area contributed by atoms with Crippen molar-refractivity contribution in [3.8, 4) is 11.3 Å². The first kappa shape index (κ1) is 19.9. The number of aromatic nitrogens is 2. The molecule has 0 fully saturated rings. The minimum absolute atomic E-state index is 0.112. The van der Waals surface area contributed by atoms with E-state index in [1.54, 1.807) is 18.6 Å². The summed E-state index contributed by atoms with van der Waals surface area (Å²) < 4.78 is 96.9. The Morgan fingerprint density at radius 2 is 1.79 bits per heavy atom. The predicted molar refractivity (Wildman–Crippen MR) is 87.9 cm³/mol. The van der Waals surface area contributed by atoms with E-state index in [1.165, 1.54) is 6.07 Å². The van der Waals surface area contributed by atoms with Crippen molar-refractivity contribution < 1.29 is 34.9 Å². The number of rotatable bonds is 4. The molecule has 150 valence electrons. The van der Waals surface area contributed by atoms with Gasteiger partial charge in [-0.1, -0.05) is 5.16 Å². The molecule has 0 radical (unpaired) electrons. The fraction of sp³-hybridized carbons (Fsp3) is 0.188. The van der Waals surface area contributed by atoms with Gasteiger partial charge in [0.15, 0.2) is 0 Å². The molecule has 0 aliphatic carbocycles. The molecule has 0 bridgehead atoms. The van der Waals surface area contributed by atoms with Gasteiger partial charge in [0.2, 0.25) is 0 Å². The molecule has 0 saturated carbocycles. The predicted octanol–water partition coefficient (Wildman–Crippen LogP) is 4.38. The average Bonchev–Trinajstić information content (AvgIpc) is 3.16. The standard InChI is InChI=1S/C16H12F5N3O3S/c1-7-15(8(2)27-23-7)14-3-9(6-22-14)28(25,26)24-13-5-11(17)10(4-12(13)18)16(19,20)21/h3-6,22,24H,1-2H3. The summed E-state index contributed by atoms with van der Waals surface area (Å²) in [5.41, 5.74) is -1.43. The second-order valence-electron chi connectivity index (χ2n) is 5.86. The lowest BCUT2D eigenvalue weighted by atomic mass is 10.1. The van der Waals surface area contributed by atoms with Crippen LogP contribution in [0, 0.1) is 25.5 Å². The lowest BCUT2D eigenvalue weighted by molar-refractivity contribution is -0.140. The third kappa shape index (κ3) is 3.59. The van der Waals surface area contributed by atoms with Crippen LogP contribution in [0.25, 0.3) is 11.3 Å². The van der Waals surface area contributed by atoms with Crippen LogP contribution in [0.4, 0.5) is 27.6 Å². The van der Waals surface area contributed by atoms with Crippen molar-refractivity contribution in [2.45, 2.75) is 24.9 Å². The summed E-state index contributed by atoms with van der Waals surface area (Å²) in [5.74, 6) is -2.96. The summed E-state index contributed by atoms with van der Waals surface area (Å²) >= 11 is 0. The molecule has 1 aromatic carbocycles. The number of aromatic amines is 1. The molecular weight excluding hydrogens is 409 g/mol. The Morgan fingerprint density at radius 1 is 1.11 bits per heavy atom. The highest BCUT2D eigenvalue weighted by Gasteiger charge is 2.35. The second-order valence-corrected chi connectivity index (χ2v) is 7.55. The number of sulfonamides is 1. The molecule has 0 aliphatic rings. The molecule has 0 unspecified atom stereocenters. The number of H-pyrrole nitrogens is 1. The molecular formula is C16H12F5N3O3S. The first-order valence-electron chi connectivity index (χ1n) is 7.61. The van der Waals surface area contributed by atoms with Crippen molar-refractivity contribution in [1.82, 2.24) is 10.1 Å². The minimum atomic E-state index is -5.12. The van der Waals surface area contributed by atoms with Gasteiger partial charge in [0, 0.05) is 12.3 Å². The van der Waals surface area contributed by atoms with Gasteiger partial charge >= 0.3 is 6.18 Å². The molecule has 2 N–H and O–H groups in total. The van der Waals surface area contributed by atoms with Crippen LogP contribution in [0.3, 0.4) is 0 Å². The smallest absolute Gasteiger partial charge is 0.361 e. The van der Waals surface area contributed by atoms with E-state index in [0.29, 0.717) is 22.7 Å². The van der Waals surface area contributed by atoms with Gasteiger partial charge in [0.05, 0.1) is 28.2 Å². The highest BCUT2D eigenvalue weighted by atomic mass is 32.2. The summed E-state index contributed by atoms with van der Waals surface area (Å²) in [5, 5.41) is 3.74. The quantitative estimate of drug-likeness (QED) is 0.612. The van der Waals surface area contributed by atoms with E-state index in [-0.39, 0.29) is 17.0 Å². The monoisotopic (exact) mass is 421 g/mol. The normalized spacial score (nSPS) is 12.4. The van der Waals surface area contributed by atoms with Gasteiger partial charge < -0.3 is 9.51 Å². The van der Waals surface area contributed by atoms with Crippen molar-refractivity contribution in [1.29, 1.82) is 0 Å². The Labute approximate surface area is 155 Å². The SMILES string of the molecule is Cc1noc(C)c1-c1cc(S(=O)(=O)Nc2cc(F)c(C(F)(F)F)cc2F)c[nH]1. The van der Waals surface area contributed by atoms with Crippen LogP contribution in [0.5, 0.6) is 0 Å². The fourth-order valence-electron chi connectivity index (χ4n) is 2.59. The Hall–Kier alpha value is -2.89. The van der Waals surface area contributed by atoms with Gasteiger partial charge in [-0.15, -0.1) is 0 Å². The van der Waals surface area contributed by atoms with Crippen LogP contribution < -0.4 is 4.72 Å². The van der Waals surface area contributed by atoms with E-state index in [2.05, 4.69) is 10.1 Å². The average molecular weight is 421 g/mol. The van der Waals surface area contributed by atoms with Gasteiger partial charge in [0.1, 0.15) is 22.3 Å². The molecule has 0 aliphatic heterocycles. The van der Waals surface area contributed by atoms with Crippen LogP contribution in [0.2, 0.25) is 0 Å². The van der Waals surface area contributed by atoms with E-state index in [9.17, 15) is 30.4 Å². The van der Waals surface area contributed by atoms with E-state index >= 15 is 0 Å². The van der Waals surface area contributed by atoms with Crippen LogP contribution >= 0.6 is 0 Å². The van der Waals surface area contributed by atoms with Crippen LogP contribution in [0.15, 0.2) is 33.8 Å². The maximum atomic E-state index is 13.9. The minimum Gasteiger partial charge on any atom is -0.361 e. The Balaban J connectivity index is 1.95. The van der Waals surface area contributed by atoms with E-state index < -0.39 is 39.1 Å². The topological polar surface area (TPSA) is 88.0 Å². The van der Waals surface area contributed by atoms with Crippen LogP contribution in [-0.2, 0) is 16.2 Å². The zero-order valence-electron chi connectivity index (χ0n) is 14.3. The van der Waals surface area contributed by atoms with Crippen molar-refractivity contribution in [3.05, 3.63) is 53.0 Å². The molecule has 0 atom stereocenters. The number of anilines is 1. The lowest BCUT2D eigenvalue weighted by Crippen LogP contribution is -2.15.